The minimum Gasteiger partial charge on any atom is -0.462 e. The normalized spacial score (nSPS) is 12.1. The summed E-state index contributed by atoms with van der Waals surface area (Å²) < 4.78 is 84.8. The van der Waals surface area contributed by atoms with E-state index < -0.39 is 35.5 Å². The molecule has 11 heteroatoms. The van der Waals surface area contributed by atoms with Gasteiger partial charge in [0.2, 0.25) is 0 Å². The fourth-order valence-electron chi connectivity index (χ4n) is 1.96. The van der Waals surface area contributed by atoms with Crippen LogP contribution in [0.2, 0.25) is 0 Å². The summed E-state index contributed by atoms with van der Waals surface area (Å²) >= 11 is 0. The van der Waals surface area contributed by atoms with Crippen LogP contribution in [-0.2, 0) is 10.9 Å². The number of halogens is 6. The molecular formula is C14H10F6N2O3. The van der Waals surface area contributed by atoms with Gasteiger partial charge < -0.3 is 9.47 Å². The van der Waals surface area contributed by atoms with Gasteiger partial charge in [0.25, 0.3) is 0 Å². The Labute approximate surface area is 136 Å². The molecule has 0 radical (unpaired) electrons. The van der Waals surface area contributed by atoms with Crippen LogP contribution in [0.3, 0.4) is 0 Å². The van der Waals surface area contributed by atoms with Crippen LogP contribution in [0.4, 0.5) is 26.3 Å². The summed E-state index contributed by atoms with van der Waals surface area (Å²) in [5.41, 5.74) is -2.40. The predicted molar refractivity (Wildman–Crippen MR) is 71.2 cm³/mol. The molecule has 0 unspecified atom stereocenters. The quantitative estimate of drug-likeness (QED) is 0.605. The monoisotopic (exact) mass is 368 g/mol. The summed E-state index contributed by atoms with van der Waals surface area (Å²) in [5.74, 6) is -1.82. The van der Waals surface area contributed by atoms with E-state index in [2.05, 4.69) is 14.6 Å². The first-order chi connectivity index (χ1) is 11.5. The molecule has 0 saturated carbocycles. The Hall–Kier alpha value is -2.72. The predicted octanol–water partition coefficient (Wildman–Crippen LogP) is 3.97. The molecule has 25 heavy (non-hydrogen) atoms. The molecule has 0 fully saturated rings. The van der Waals surface area contributed by atoms with Crippen LogP contribution in [0.1, 0.15) is 23.0 Å². The van der Waals surface area contributed by atoms with Gasteiger partial charge >= 0.3 is 18.5 Å². The molecule has 0 aliphatic rings. The summed E-state index contributed by atoms with van der Waals surface area (Å²) in [6, 6.07) is 3.54. The molecule has 2 rings (SSSR count). The van der Waals surface area contributed by atoms with Gasteiger partial charge in [-0.1, -0.05) is 0 Å². The van der Waals surface area contributed by atoms with Crippen molar-refractivity contribution in [2.75, 3.05) is 6.61 Å². The third-order valence-corrected chi connectivity index (χ3v) is 2.85. The summed E-state index contributed by atoms with van der Waals surface area (Å²) in [6.45, 7) is 1.29. The Morgan fingerprint density at radius 3 is 2.20 bits per heavy atom. The maximum atomic E-state index is 13.3. The third kappa shape index (κ3) is 4.43. The zero-order valence-corrected chi connectivity index (χ0v) is 12.5. The highest BCUT2D eigenvalue weighted by molar-refractivity contribution is 5.90. The third-order valence-electron chi connectivity index (χ3n) is 2.85. The number of hydrogen-bond donors (Lipinski definition) is 0. The van der Waals surface area contributed by atoms with E-state index in [1.807, 2.05) is 0 Å². The van der Waals surface area contributed by atoms with E-state index >= 15 is 0 Å². The number of nitrogens with zero attached hydrogens (tertiary/aromatic N) is 2. The van der Waals surface area contributed by atoms with Gasteiger partial charge in [-0.3, -0.25) is 0 Å². The Morgan fingerprint density at radius 1 is 1.12 bits per heavy atom. The van der Waals surface area contributed by atoms with Crippen molar-refractivity contribution >= 4 is 5.97 Å². The van der Waals surface area contributed by atoms with Crippen molar-refractivity contribution in [1.29, 1.82) is 0 Å². The lowest BCUT2D eigenvalue weighted by atomic mass is 10.2. The Balaban J connectivity index is 2.44. The number of benzene rings is 1. The number of ether oxygens (including phenoxy) is 2. The summed E-state index contributed by atoms with van der Waals surface area (Å²) in [7, 11) is 0. The second kappa shape index (κ2) is 6.65. The maximum Gasteiger partial charge on any atom is 0.573 e. The van der Waals surface area contributed by atoms with Crippen LogP contribution in [0.15, 0.2) is 30.5 Å². The fraction of sp³-hybridized carbons (Fsp3) is 0.286. The first-order valence-electron chi connectivity index (χ1n) is 6.71. The van der Waals surface area contributed by atoms with Crippen molar-refractivity contribution in [3.63, 3.8) is 0 Å². The van der Waals surface area contributed by atoms with E-state index in [1.54, 1.807) is 0 Å². The standard InChI is InChI=1S/C14H10F6N2O3/c1-2-24-12(23)10-7-21-22(11(10)13(15,16)17)8-3-5-9(6-4-8)25-14(18,19)20/h3-7H,2H2,1H3. The van der Waals surface area contributed by atoms with E-state index in [9.17, 15) is 31.1 Å². The van der Waals surface area contributed by atoms with Crippen LogP contribution in [0.5, 0.6) is 5.75 Å². The molecule has 1 heterocycles. The van der Waals surface area contributed by atoms with E-state index in [0.29, 0.717) is 10.9 Å². The van der Waals surface area contributed by atoms with Gasteiger partial charge in [-0.05, 0) is 31.2 Å². The Kier molecular flexibility index (Phi) is 4.95. The zero-order chi connectivity index (χ0) is 18.8. The van der Waals surface area contributed by atoms with Crippen LogP contribution in [-0.4, -0.2) is 28.7 Å². The van der Waals surface area contributed by atoms with Gasteiger partial charge in [0.15, 0.2) is 5.69 Å². The highest BCUT2D eigenvalue weighted by Crippen LogP contribution is 2.34. The number of esters is 1. The lowest BCUT2D eigenvalue weighted by Gasteiger charge is -2.13. The number of aromatic nitrogens is 2. The van der Waals surface area contributed by atoms with Crippen LogP contribution >= 0.6 is 0 Å². The molecule has 5 nitrogen and oxygen atoms in total. The van der Waals surface area contributed by atoms with Crippen molar-refractivity contribution < 1.29 is 40.6 Å². The Morgan fingerprint density at radius 2 is 1.72 bits per heavy atom. The molecule has 0 spiro atoms. The molecule has 1 aromatic carbocycles. The van der Waals surface area contributed by atoms with Crippen molar-refractivity contribution in [3.05, 3.63) is 41.7 Å². The molecule has 0 saturated heterocycles. The van der Waals surface area contributed by atoms with Crippen molar-refractivity contribution in [2.45, 2.75) is 19.5 Å². The van der Waals surface area contributed by atoms with Gasteiger partial charge in [0, 0.05) is 0 Å². The van der Waals surface area contributed by atoms with E-state index in [1.165, 1.54) is 6.92 Å². The molecule has 0 amide bonds. The van der Waals surface area contributed by atoms with E-state index in [-0.39, 0.29) is 12.3 Å². The second-order valence-corrected chi connectivity index (χ2v) is 4.58. The van der Waals surface area contributed by atoms with Crippen molar-refractivity contribution in [3.8, 4) is 11.4 Å². The number of rotatable bonds is 4. The van der Waals surface area contributed by atoms with Gasteiger partial charge in [0.1, 0.15) is 11.3 Å². The van der Waals surface area contributed by atoms with Crippen LogP contribution in [0.25, 0.3) is 5.69 Å². The Bertz CT molecular complexity index is 749. The van der Waals surface area contributed by atoms with Gasteiger partial charge in [0.05, 0.1) is 18.5 Å². The minimum absolute atomic E-state index is 0.134. The van der Waals surface area contributed by atoms with Gasteiger partial charge in [-0.25, -0.2) is 9.48 Å². The molecule has 1 aromatic heterocycles. The van der Waals surface area contributed by atoms with E-state index in [0.717, 1.165) is 24.3 Å². The lowest BCUT2D eigenvalue weighted by Crippen LogP contribution is -2.19. The van der Waals surface area contributed by atoms with Gasteiger partial charge in [-0.2, -0.15) is 18.3 Å². The molecule has 0 aliphatic heterocycles. The number of alkyl halides is 6. The molecule has 0 bridgehead atoms. The fourth-order valence-corrected chi connectivity index (χ4v) is 1.96. The first kappa shape index (κ1) is 18.6. The molecule has 0 N–H and O–H groups in total. The van der Waals surface area contributed by atoms with Crippen molar-refractivity contribution in [2.24, 2.45) is 0 Å². The molecular weight excluding hydrogens is 358 g/mol. The number of hydrogen-bond acceptors (Lipinski definition) is 4. The summed E-state index contributed by atoms with van der Waals surface area (Å²) in [5, 5.41) is 3.49. The van der Waals surface area contributed by atoms with E-state index in [4.69, 9.17) is 0 Å². The molecule has 2 aromatic rings. The maximum absolute atomic E-state index is 13.3. The summed E-state index contributed by atoms with van der Waals surface area (Å²) in [4.78, 5) is 11.6. The second-order valence-electron chi connectivity index (χ2n) is 4.58. The van der Waals surface area contributed by atoms with Crippen LogP contribution < -0.4 is 4.74 Å². The number of carbonyl (C=O) groups is 1. The zero-order valence-electron chi connectivity index (χ0n) is 12.5. The average Bonchev–Trinajstić information content (AvgIpc) is 2.91. The average molecular weight is 368 g/mol. The largest absolute Gasteiger partial charge is 0.573 e. The highest BCUT2D eigenvalue weighted by Gasteiger charge is 2.41. The van der Waals surface area contributed by atoms with Gasteiger partial charge in [-0.15, -0.1) is 13.2 Å². The molecule has 0 atom stereocenters. The van der Waals surface area contributed by atoms with Crippen molar-refractivity contribution in [1.82, 2.24) is 9.78 Å². The SMILES string of the molecule is CCOC(=O)c1cnn(-c2ccc(OC(F)(F)F)cc2)c1C(F)(F)F. The molecule has 0 aliphatic carbocycles. The minimum atomic E-state index is -4.94. The summed E-state index contributed by atoms with van der Waals surface area (Å²) in [6.07, 6.45) is -9.19. The highest BCUT2D eigenvalue weighted by atomic mass is 19.4. The smallest absolute Gasteiger partial charge is 0.462 e. The van der Waals surface area contributed by atoms with Crippen LogP contribution in [0, 0.1) is 0 Å². The lowest BCUT2D eigenvalue weighted by molar-refractivity contribution is -0.274. The molecule has 136 valence electrons. The number of carbonyl (C=O) groups excluding carboxylic acids is 1. The topological polar surface area (TPSA) is 53.3 Å². The first-order valence-corrected chi connectivity index (χ1v) is 6.71.